The lowest BCUT2D eigenvalue weighted by Gasteiger charge is -2.26. The van der Waals surface area contributed by atoms with E-state index in [1.165, 1.54) is 12.1 Å². The molecule has 96 valence electrons. The number of benzene rings is 2. The van der Waals surface area contributed by atoms with Crippen molar-refractivity contribution in [3.8, 4) is 5.75 Å². The molecule has 1 heterocycles. The number of para-hydroxylation sites is 1. The number of hydrogen-bond acceptors (Lipinski definition) is 2. The van der Waals surface area contributed by atoms with Crippen molar-refractivity contribution in [1.82, 2.24) is 0 Å². The fraction of sp³-hybridized carbons (Fsp3) is 0.133. The van der Waals surface area contributed by atoms with Crippen molar-refractivity contribution < 1.29 is 13.9 Å². The smallest absolute Gasteiger partial charge is 0.170 e. The van der Waals surface area contributed by atoms with Crippen molar-refractivity contribution in [3.05, 3.63) is 63.9 Å². The number of halogens is 2. The van der Waals surface area contributed by atoms with Crippen molar-refractivity contribution in [2.24, 2.45) is 0 Å². The van der Waals surface area contributed by atoms with E-state index in [0.717, 1.165) is 4.47 Å². The van der Waals surface area contributed by atoms with Gasteiger partial charge in [0.1, 0.15) is 17.7 Å². The molecule has 0 radical (unpaired) electrons. The van der Waals surface area contributed by atoms with Crippen LogP contribution in [0.2, 0.25) is 0 Å². The molecule has 1 atom stereocenters. The predicted molar refractivity (Wildman–Crippen MR) is 72.9 cm³/mol. The Hall–Kier alpha value is -1.68. The number of carbonyl (C=O) groups excluding carboxylic acids is 1. The van der Waals surface area contributed by atoms with Gasteiger partial charge in [-0.05, 0) is 30.3 Å². The Morgan fingerprint density at radius 1 is 1.21 bits per heavy atom. The van der Waals surface area contributed by atoms with Gasteiger partial charge in [-0.2, -0.15) is 0 Å². The summed E-state index contributed by atoms with van der Waals surface area (Å²) in [6.45, 7) is 0. The van der Waals surface area contributed by atoms with Crippen LogP contribution >= 0.6 is 15.9 Å². The molecule has 0 saturated carbocycles. The summed E-state index contributed by atoms with van der Waals surface area (Å²) in [6, 6.07) is 11.5. The molecule has 2 aromatic carbocycles. The molecule has 0 saturated heterocycles. The number of ether oxygens (including phenoxy) is 1. The van der Waals surface area contributed by atoms with Gasteiger partial charge in [-0.15, -0.1) is 0 Å². The van der Waals surface area contributed by atoms with Crippen LogP contribution in [0.1, 0.15) is 28.4 Å². The van der Waals surface area contributed by atoms with E-state index in [9.17, 15) is 9.18 Å². The van der Waals surface area contributed by atoms with Crippen LogP contribution in [0.5, 0.6) is 5.75 Å². The first-order valence-corrected chi connectivity index (χ1v) is 6.68. The summed E-state index contributed by atoms with van der Waals surface area (Å²) >= 11 is 3.37. The summed E-state index contributed by atoms with van der Waals surface area (Å²) in [6.07, 6.45) is -0.230. The van der Waals surface area contributed by atoms with Gasteiger partial charge in [0, 0.05) is 10.0 Å². The van der Waals surface area contributed by atoms with E-state index in [-0.39, 0.29) is 18.0 Å². The van der Waals surface area contributed by atoms with Crippen molar-refractivity contribution in [2.45, 2.75) is 12.5 Å². The molecule has 0 fully saturated rings. The Bertz CT molecular complexity index is 654. The summed E-state index contributed by atoms with van der Waals surface area (Å²) < 4.78 is 19.9. The molecule has 0 aromatic heterocycles. The first-order chi connectivity index (χ1) is 9.15. The van der Waals surface area contributed by atoms with Crippen LogP contribution < -0.4 is 4.74 Å². The van der Waals surface area contributed by atoms with Gasteiger partial charge in [-0.25, -0.2) is 4.39 Å². The number of rotatable bonds is 1. The van der Waals surface area contributed by atoms with Crippen molar-refractivity contribution in [1.29, 1.82) is 0 Å². The van der Waals surface area contributed by atoms with Crippen LogP contribution in [0.15, 0.2) is 46.9 Å². The zero-order valence-electron chi connectivity index (χ0n) is 9.90. The van der Waals surface area contributed by atoms with Crippen LogP contribution in [0.4, 0.5) is 4.39 Å². The summed E-state index contributed by atoms with van der Waals surface area (Å²) in [5.41, 5.74) is 1.24. The minimum Gasteiger partial charge on any atom is -0.484 e. The number of fused-ring (bicyclic) bond motifs is 1. The SMILES string of the molecule is O=C1CC(c2cc(F)ccc2Br)Oc2ccccc21. The van der Waals surface area contributed by atoms with Crippen LogP contribution in [-0.4, -0.2) is 5.78 Å². The van der Waals surface area contributed by atoms with E-state index in [1.54, 1.807) is 24.3 Å². The van der Waals surface area contributed by atoms with Gasteiger partial charge in [-0.1, -0.05) is 28.1 Å². The van der Waals surface area contributed by atoms with Crippen LogP contribution in [0.25, 0.3) is 0 Å². The molecular formula is C15H10BrFO2. The Labute approximate surface area is 118 Å². The molecule has 2 aromatic rings. The van der Waals surface area contributed by atoms with Crippen LogP contribution in [0.3, 0.4) is 0 Å². The number of hydrogen-bond donors (Lipinski definition) is 0. The molecule has 0 N–H and O–H groups in total. The molecule has 0 bridgehead atoms. The van der Waals surface area contributed by atoms with E-state index in [0.29, 0.717) is 16.9 Å². The number of carbonyl (C=O) groups is 1. The molecule has 3 rings (SSSR count). The Kier molecular flexibility index (Phi) is 3.11. The third-order valence-electron chi connectivity index (χ3n) is 3.13. The highest BCUT2D eigenvalue weighted by Crippen LogP contribution is 2.37. The number of Topliss-reactive ketones (excluding diaryl/α,β-unsaturated/α-hetero) is 1. The fourth-order valence-electron chi connectivity index (χ4n) is 2.21. The molecule has 0 spiro atoms. The van der Waals surface area contributed by atoms with E-state index in [2.05, 4.69) is 15.9 Å². The van der Waals surface area contributed by atoms with Gasteiger partial charge < -0.3 is 4.74 Å². The van der Waals surface area contributed by atoms with Gasteiger partial charge in [0.05, 0.1) is 12.0 Å². The third kappa shape index (κ3) is 2.28. The lowest BCUT2D eigenvalue weighted by Crippen LogP contribution is -2.20. The number of ketones is 1. The second-order valence-electron chi connectivity index (χ2n) is 4.40. The van der Waals surface area contributed by atoms with Crippen molar-refractivity contribution in [3.63, 3.8) is 0 Å². The van der Waals surface area contributed by atoms with Crippen LogP contribution in [-0.2, 0) is 0 Å². The summed E-state index contributed by atoms with van der Waals surface area (Å²) in [5.74, 6) is 0.232. The maximum Gasteiger partial charge on any atom is 0.170 e. The maximum absolute atomic E-state index is 13.3. The molecule has 19 heavy (non-hydrogen) atoms. The topological polar surface area (TPSA) is 26.3 Å². The highest BCUT2D eigenvalue weighted by atomic mass is 79.9. The highest BCUT2D eigenvalue weighted by Gasteiger charge is 2.28. The molecule has 1 aliphatic rings. The van der Waals surface area contributed by atoms with Crippen molar-refractivity contribution in [2.75, 3.05) is 0 Å². The lowest BCUT2D eigenvalue weighted by molar-refractivity contribution is 0.0849. The minimum atomic E-state index is -0.451. The first kappa shape index (κ1) is 12.4. The van der Waals surface area contributed by atoms with Gasteiger partial charge >= 0.3 is 0 Å². The standard InChI is InChI=1S/C15H10BrFO2/c16-12-6-5-9(17)7-11(12)15-8-13(18)10-3-1-2-4-14(10)19-15/h1-7,15H,8H2. The normalized spacial score (nSPS) is 17.8. The van der Waals surface area contributed by atoms with E-state index in [1.807, 2.05) is 6.07 Å². The quantitative estimate of drug-likeness (QED) is 0.783. The minimum absolute atomic E-state index is 0.0167. The van der Waals surface area contributed by atoms with E-state index in [4.69, 9.17) is 4.74 Å². The van der Waals surface area contributed by atoms with E-state index < -0.39 is 6.10 Å². The van der Waals surface area contributed by atoms with Crippen molar-refractivity contribution >= 4 is 21.7 Å². The Balaban J connectivity index is 2.01. The molecule has 0 aliphatic carbocycles. The predicted octanol–water partition coefficient (Wildman–Crippen LogP) is 4.29. The molecular weight excluding hydrogens is 311 g/mol. The third-order valence-corrected chi connectivity index (χ3v) is 3.85. The van der Waals surface area contributed by atoms with E-state index >= 15 is 0 Å². The summed E-state index contributed by atoms with van der Waals surface area (Å²) in [4.78, 5) is 12.1. The highest BCUT2D eigenvalue weighted by molar-refractivity contribution is 9.10. The van der Waals surface area contributed by atoms with Crippen LogP contribution in [0, 0.1) is 5.82 Å². The second kappa shape index (κ2) is 4.78. The zero-order valence-corrected chi connectivity index (χ0v) is 11.5. The molecule has 2 nitrogen and oxygen atoms in total. The average molecular weight is 321 g/mol. The first-order valence-electron chi connectivity index (χ1n) is 5.89. The molecule has 1 unspecified atom stereocenters. The zero-order chi connectivity index (χ0) is 13.4. The maximum atomic E-state index is 13.3. The summed E-state index contributed by atoms with van der Waals surface area (Å²) in [5, 5.41) is 0. The van der Waals surface area contributed by atoms with Gasteiger partial charge in [0.25, 0.3) is 0 Å². The fourth-order valence-corrected chi connectivity index (χ4v) is 2.71. The van der Waals surface area contributed by atoms with Gasteiger partial charge in [0.15, 0.2) is 5.78 Å². The Morgan fingerprint density at radius 2 is 2.00 bits per heavy atom. The Morgan fingerprint density at radius 3 is 2.84 bits per heavy atom. The van der Waals surface area contributed by atoms with Gasteiger partial charge in [-0.3, -0.25) is 4.79 Å². The second-order valence-corrected chi connectivity index (χ2v) is 5.25. The largest absolute Gasteiger partial charge is 0.484 e. The summed E-state index contributed by atoms with van der Waals surface area (Å²) in [7, 11) is 0. The molecule has 4 heteroatoms. The average Bonchev–Trinajstić information content (AvgIpc) is 2.41. The molecule has 0 amide bonds. The van der Waals surface area contributed by atoms with Gasteiger partial charge in [0.2, 0.25) is 0 Å². The monoisotopic (exact) mass is 320 g/mol. The molecule has 1 aliphatic heterocycles. The lowest BCUT2D eigenvalue weighted by atomic mass is 9.96.